The molecular formula is C13H17Br2NS. The van der Waals surface area contributed by atoms with Crippen molar-refractivity contribution in [3.8, 4) is 0 Å². The molecule has 0 spiro atoms. The summed E-state index contributed by atoms with van der Waals surface area (Å²) in [5, 5.41) is 4.52. The van der Waals surface area contributed by atoms with Crippen LogP contribution in [-0.2, 0) is 6.54 Å². The predicted octanol–water partition coefficient (Wildman–Crippen LogP) is 4.59. The topological polar surface area (TPSA) is 12.0 Å². The first-order valence-corrected chi connectivity index (χ1v) is 8.76. The van der Waals surface area contributed by atoms with Gasteiger partial charge in [0.05, 0.1) is 0 Å². The van der Waals surface area contributed by atoms with Crippen LogP contribution in [0.1, 0.15) is 24.8 Å². The lowest BCUT2D eigenvalue weighted by molar-refractivity contribution is 0.525. The SMILES string of the molecule is CSC1CCC(NCc2ccc(Br)c(Br)c2)C1. The summed E-state index contributed by atoms with van der Waals surface area (Å²) in [5.74, 6) is 0. The Morgan fingerprint density at radius 1 is 1.29 bits per heavy atom. The van der Waals surface area contributed by atoms with Crippen LogP contribution in [0.15, 0.2) is 27.1 Å². The molecule has 0 aromatic heterocycles. The summed E-state index contributed by atoms with van der Waals surface area (Å²) in [5.41, 5.74) is 1.34. The highest BCUT2D eigenvalue weighted by atomic mass is 79.9. The molecule has 1 aliphatic carbocycles. The molecule has 1 aliphatic rings. The Labute approximate surface area is 124 Å². The van der Waals surface area contributed by atoms with Crippen LogP contribution in [0.3, 0.4) is 0 Å². The van der Waals surface area contributed by atoms with Crippen molar-refractivity contribution < 1.29 is 0 Å². The highest BCUT2D eigenvalue weighted by molar-refractivity contribution is 9.13. The maximum absolute atomic E-state index is 3.66. The fourth-order valence-corrected chi connectivity index (χ4v) is 3.72. The van der Waals surface area contributed by atoms with Crippen LogP contribution in [-0.4, -0.2) is 17.5 Å². The standard InChI is InChI=1S/C13H17Br2NS/c1-17-11-4-3-10(7-11)16-8-9-2-5-12(14)13(15)6-9/h2,5-6,10-11,16H,3-4,7-8H2,1H3. The summed E-state index contributed by atoms with van der Waals surface area (Å²) in [7, 11) is 0. The van der Waals surface area contributed by atoms with Gasteiger partial charge in [-0.15, -0.1) is 0 Å². The summed E-state index contributed by atoms with van der Waals surface area (Å²) >= 11 is 9.04. The number of thioether (sulfide) groups is 1. The lowest BCUT2D eigenvalue weighted by atomic mass is 10.2. The largest absolute Gasteiger partial charge is 0.310 e. The number of nitrogens with one attached hydrogen (secondary N) is 1. The van der Waals surface area contributed by atoms with E-state index in [-0.39, 0.29) is 0 Å². The Balaban J connectivity index is 1.84. The number of hydrogen-bond acceptors (Lipinski definition) is 2. The number of rotatable bonds is 4. The second-order valence-corrected chi connectivity index (χ2v) is 7.34. The second kappa shape index (κ2) is 6.60. The van der Waals surface area contributed by atoms with E-state index >= 15 is 0 Å². The number of halogens is 2. The third-order valence-electron chi connectivity index (χ3n) is 3.30. The summed E-state index contributed by atoms with van der Waals surface area (Å²) in [6.45, 7) is 0.970. The summed E-state index contributed by atoms with van der Waals surface area (Å²) in [4.78, 5) is 0. The van der Waals surface area contributed by atoms with Gasteiger partial charge < -0.3 is 5.32 Å². The van der Waals surface area contributed by atoms with Gasteiger partial charge in [-0.3, -0.25) is 0 Å². The average Bonchev–Trinajstić information content (AvgIpc) is 2.79. The molecule has 0 heterocycles. The molecule has 1 fully saturated rings. The molecule has 2 rings (SSSR count). The molecule has 1 N–H and O–H groups in total. The molecule has 0 saturated heterocycles. The molecule has 0 amide bonds. The van der Waals surface area contributed by atoms with Gasteiger partial charge in [0.1, 0.15) is 0 Å². The molecule has 1 aromatic carbocycles. The van der Waals surface area contributed by atoms with Crippen LogP contribution in [0.4, 0.5) is 0 Å². The van der Waals surface area contributed by atoms with Gasteiger partial charge in [0.25, 0.3) is 0 Å². The van der Waals surface area contributed by atoms with Crippen molar-refractivity contribution in [1.82, 2.24) is 5.32 Å². The molecule has 1 aromatic rings. The zero-order valence-corrected chi connectivity index (χ0v) is 13.9. The van der Waals surface area contributed by atoms with E-state index in [1.807, 2.05) is 11.8 Å². The van der Waals surface area contributed by atoms with Gasteiger partial charge >= 0.3 is 0 Å². The van der Waals surface area contributed by atoms with E-state index in [0.29, 0.717) is 6.04 Å². The van der Waals surface area contributed by atoms with Crippen LogP contribution < -0.4 is 5.32 Å². The quantitative estimate of drug-likeness (QED) is 0.822. The zero-order chi connectivity index (χ0) is 12.3. The van der Waals surface area contributed by atoms with Crippen molar-refractivity contribution in [1.29, 1.82) is 0 Å². The summed E-state index contributed by atoms with van der Waals surface area (Å²) in [6, 6.07) is 7.15. The third-order valence-corrected chi connectivity index (χ3v) is 6.27. The Bertz CT molecular complexity index is 384. The molecule has 0 bridgehead atoms. The first kappa shape index (κ1) is 13.9. The van der Waals surface area contributed by atoms with Gasteiger partial charge in [-0.25, -0.2) is 0 Å². The number of benzene rings is 1. The molecule has 0 aliphatic heterocycles. The van der Waals surface area contributed by atoms with Crippen molar-refractivity contribution in [2.75, 3.05) is 6.26 Å². The van der Waals surface area contributed by atoms with Gasteiger partial charge in [0.2, 0.25) is 0 Å². The van der Waals surface area contributed by atoms with E-state index in [2.05, 4.69) is 61.6 Å². The van der Waals surface area contributed by atoms with E-state index in [4.69, 9.17) is 0 Å². The van der Waals surface area contributed by atoms with E-state index < -0.39 is 0 Å². The third kappa shape index (κ3) is 3.98. The normalized spacial score (nSPS) is 24.2. The minimum absolute atomic E-state index is 0.704. The Morgan fingerprint density at radius 3 is 2.76 bits per heavy atom. The van der Waals surface area contributed by atoms with Gasteiger partial charge in [-0.05, 0) is 75.1 Å². The van der Waals surface area contributed by atoms with Crippen molar-refractivity contribution in [3.63, 3.8) is 0 Å². The summed E-state index contributed by atoms with van der Waals surface area (Å²) in [6.07, 6.45) is 6.23. The monoisotopic (exact) mass is 377 g/mol. The lowest BCUT2D eigenvalue weighted by Crippen LogP contribution is -2.26. The average molecular weight is 379 g/mol. The number of hydrogen-bond donors (Lipinski definition) is 1. The minimum Gasteiger partial charge on any atom is -0.310 e. The van der Waals surface area contributed by atoms with E-state index in [9.17, 15) is 0 Å². The predicted molar refractivity (Wildman–Crippen MR) is 83.6 cm³/mol. The van der Waals surface area contributed by atoms with Crippen LogP contribution in [0.2, 0.25) is 0 Å². The molecule has 4 heteroatoms. The van der Waals surface area contributed by atoms with Gasteiger partial charge in [0.15, 0.2) is 0 Å². The first-order valence-electron chi connectivity index (χ1n) is 5.89. The molecule has 1 saturated carbocycles. The van der Waals surface area contributed by atoms with E-state index in [1.54, 1.807) is 0 Å². The molecule has 1 nitrogen and oxygen atoms in total. The molecule has 2 atom stereocenters. The minimum atomic E-state index is 0.704. The molecular weight excluding hydrogens is 362 g/mol. The highest BCUT2D eigenvalue weighted by Gasteiger charge is 2.23. The molecule has 2 unspecified atom stereocenters. The molecule has 17 heavy (non-hydrogen) atoms. The Morgan fingerprint density at radius 2 is 2.12 bits per heavy atom. The molecule has 94 valence electrons. The van der Waals surface area contributed by atoms with Crippen LogP contribution in [0, 0.1) is 0 Å². The van der Waals surface area contributed by atoms with Gasteiger partial charge in [0, 0.05) is 26.8 Å². The van der Waals surface area contributed by atoms with Gasteiger partial charge in [-0.2, -0.15) is 11.8 Å². The van der Waals surface area contributed by atoms with Crippen molar-refractivity contribution in [2.24, 2.45) is 0 Å². The lowest BCUT2D eigenvalue weighted by Gasteiger charge is -2.13. The fourth-order valence-electron chi connectivity index (χ4n) is 2.25. The van der Waals surface area contributed by atoms with Gasteiger partial charge in [-0.1, -0.05) is 6.07 Å². The summed E-state index contributed by atoms with van der Waals surface area (Å²) < 4.78 is 2.25. The molecule has 0 radical (unpaired) electrons. The van der Waals surface area contributed by atoms with Crippen molar-refractivity contribution in [3.05, 3.63) is 32.7 Å². The fraction of sp³-hybridized carbons (Fsp3) is 0.538. The van der Waals surface area contributed by atoms with Crippen LogP contribution in [0.5, 0.6) is 0 Å². The van der Waals surface area contributed by atoms with Crippen molar-refractivity contribution >= 4 is 43.6 Å². The Kier molecular flexibility index (Phi) is 5.40. The van der Waals surface area contributed by atoms with E-state index in [0.717, 1.165) is 20.7 Å². The van der Waals surface area contributed by atoms with Crippen molar-refractivity contribution in [2.45, 2.75) is 37.1 Å². The van der Waals surface area contributed by atoms with Crippen LogP contribution in [0.25, 0.3) is 0 Å². The van der Waals surface area contributed by atoms with E-state index in [1.165, 1.54) is 24.8 Å². The zero-order valence-electron chi connectivity index (χ0n) is 9.88. The maximum Gasteiger partial charge on any atom is 0.0320 e. The highest BCUT2D eigenvalue weighted by Crippen LogP contribution is 2.28. The maximum atomic E-state index is 3.66. The Hall–Kier alpha value is 0.490. The first-order chi connectivity index (χ1) is 8.19. The van der Waals surface area contributed by atoms with Crippen LogP contribution >= 0.6 is 43.6 Å². The smallest absolute Gasteiger partial charge is 0.0320 e. The second-order valence-electron chi connectivity index (χ2n) is 4.50.